The highest BCUT2D eigenvalue weighted by molar-refractivity contribution is 5.97. The lowest BCUT2D eigenvalue weighted by atomic mass is 10.1. The third kappa shape index (κ3) is 5.25. The van der Waals surface area contributed by atoms with Crippen LogP contribution in [0.25, 0.3) is 0 Å². The zero-order valence-corrected chi connectivity index (χ0v) is 19.4. The number of hydrogen-bond acceptors (Lipinski definition) is 6. The van der Waals surface area contributed by atoms with Gasteiger partial charge in [-0.25, -0.2) is 9.78 Å². The van der Waals surface area contributed by atoms with Crippen molar-refractivity contribution in [3.63, 3.8) is 0 Å². The van der Waals surface area contributed by atoms with Gasteiger partial charge in [-0.3, -0.25) is 9.69 Å². The summed E-state index contributed by atoms with van der Waals surface area (Å²) in [5, 5.41) is 6.42. The molecule has 0 aliphatic carbocycles. The predicted molar refractivity (Wildman–Crippen MR) is 133 cm³/mol. The zero-order chi connectivity index (χ0) is 24.1. The second-order valence-electron chi connectivity index (χ2n) is 8.31. The molecule has 0 saturated carbocycles. The number of aromatic nitrogens is 2. The molecule has 9 nitrogen and oxygen atoms in total. The van der Waals surface area contributed by atoms with Crippen molar-refractivity contribution in [2.45, 2.75) is 25.8 Å². The first kappa shape index (κ1) is 23.0. The molecule has 0 radical (unpaired) electrons. The number of urea groups is 1. The van der Waals surface area contributed by atoms with Gasteiger partial charge in [0.25, 0.3) is 5.91 Å². The molecule has 2 aromatic carbocycles. The highest BCUT2D eigenvalue weighted by atomic mass is 16.2. The summed E-state index contributed by atoms with van der Waals surface area (Å²) >= 11 is 0. The van der Waals surface area contributed by atoms with E-state index in [1.165, 1.54) is 6.20 Å². The van der Waals surface area contributed by atoms with E-state index in [9.17, 15) is 9.59 Å². The first-order valence-corrected chi connectivity index (χ1v) is 11.3. The Morgan fingerprint density at radius 1 is 1.09 bits per heavy atom. The summed E-state index contributed by atoms with van der Waals surface area (Å²) in [5.41, 5.74) is 8.27. The van der Waals surface area contributed by atoms with E-state index in [1.807, 2.05) is 66.4 Å². The monoisotopic (exact) mass is 459 g/mol. The molecule has 2 heterocycles. The zero-order valence-electron chi connectivity index (χ0n) is 19.4. The summed E-state index contributed by atoms with van der Waals surface area (Å²) in [4.78, 5) is 36.9. The lowest BCUT2D eigenvalue weighted by Gasteiger charge is -2.24. The standard InChI is InChI=1S/C25H29N7O2/c1-17(18-9-4-3-5-10-18)28-23-21(22(26)33)16-27-24(30-23)29-19-11-8-12-20(15-19)31(2)25(34)32-13-6-7-14-32/h3-5,8-12,15-17H,6-7,13-14H2,1-2H3,(H2,26,33)(H2,27,28,29,30). The normalized spacial score (nSPS) is 13.9. The Morgan fingerprint density at radius 2 is 1.82 bits per heavy atom. The molecule has 1 aromatic heterocycles. The fourth-order valence-electron chi connectivity index (χ4n) is 3.91. The lowest BCUT2D eigenvalue weighted by molar-refractivity contribution is 0.100. The quantitative estimate of drug-likeness (QED) is 0.489. The second-order valence-corrected chi connectivity index (χ2v) is 8.31. The van der Waals surface area contributed by atoms with E-state index in [4.69, 9.17) is 5.73 Å². The summed E-state index contributed by atoms with van der Waals surface area (Å²) in [7, 11) is 1.77. The van der Waals surface area contributed by atoms with Gasteiger partial charge in [0.15, 0.2) is 0 Å². The van der Waals surface area contributed by atoms with E-state index in [0.717, 1.165) is 37.2 Å². The van der Waals surface area contributed by atoms with Crippen LogP contribution in [0.3, 0.4) is 0 Å². The van der Waals surface area contributed by atoms with Crippen LogP contribution in [0.5, 0.6) is 0 Å². The summed E-state index contributed by atoms with van der Waals surface area (Å²) in [6, 6.07) is 17.2. The number of amides is 3. The number of carbonyl (C=O) groups excluding carboxylic acids is 2. The van der Waals surface area contributed by atoms with Gasteiger partial charge in [-0.2, -0.15) is 4.98 Å². The number of nitrogens with two attached hydrogens (primary N) is 1. The molecule has 176 valence electrons. The Hall–Kier alpha value is -4.14. The number of hydrogen-bond donors (Lipinski definition) is 3. The van der Waals surface area contributed by atoms with Crippen LogP contribution in [-0.2, 0) is 0 Å². The van der Waals surface area contributed by atoms with Gasteiger partial charge in [0.05, 0.1) is 5.56 Å². The molecular formula is C25H29N7O2. The van der Waals surface area contributed by atoms with Crippen molar-refractivity contribution in [2.24, 2.45) is 5.73 Å². The number of anilines is 4. The molecule has 1 fully saturated rings. The number of primary amides is 1. The van der Waals surface area contributed by atoms with Gasteiger partial charge < -0.3 is 21.3 Å². The minimum Gasteiger partial charge on any atom is -0.365 e. The first-order chi connectivity index (χ1) is 16.4. The molecule has 4 rings (SSSR count). The smallest absolute Gasteiger partial charge is 0.324 e. The highest BCUT2D eigenvalue weighted by Gasteiger charge is 2.22. The van der Waals surface area contributed by atoms with Crippen LogP contribution in [0.15, 0.2) is 60.8 Å². The fourth-order valence-corrected chi connectivity index (χ4v) is 3.91. The van der Waals surface area contributed by atoms with Gasteiger partial charge >= 0.3 is 6.03 Å². The van der Waals surface area contributed by atoms with Crippen LogP contribution in [0, 0.1) is 0 Å². The maximum atomic E-state index is 12.7. The van der Waals surface area contributed by atoms with Gasteiger partial charge in [0.1, 0.15) is 5.82 Å². The van der Waals surface area contributed by atoms with Gasteiger partial charge in [0, 0.05) is 43.8 Å². The van der Waals surface area contributed by atoms with E-state index in [-0.39, 0.29) is 17.6 Å². The minimum absolute atomic E-state index is 0.0157. The number of benzene rings is 2. The Labute approximate surface area is 199 Å². The third-order valence-corrected chi connectivity index (χ3v) is 5.86. The molecule has 1 atom stereocenters. The Morgan fingerprint density at radius 3 is 2.53 bits per heavy atom. The number of carbonyl (C=O) groups is 2. The van der Waals surface area contributed by atoms with E-state index in [1.54, 1.807) is 11.9 Å². The Bertz CT molecular complexity index is 1160. The van der Waals surface area contributed by atoms with Crippen LogP contribution >= 0.6 is 0 Å². The van der Waals surface area contributed by atoms with Gasteiger partial charge in [-0.15, -0.1) is 0 Å². The topological polar surface area (TPSA) is 116 Å². The van der Waals surface area contributed by atoms with Gasteiger partial charge in [-0.1, -0.05) is 36.4 Å². The van der Waals surface area contributed by atoms with E-state index < -0.39 is 5.91 Å². The largest absolute Gasteiger partial charge is 0.365 e. The lowest BCUT2D eigenvalue weighted by Crippen LogP contribution is -2.39. The third-order valence-electron chi connectivity index (χ3n) is 5.86. The van der Waals surface area contributed by atoms with Crippen LogP contribution in [0.2, 0.25) is 0 Å². The summed E-state index contributed by atoms with van der Waals surface area (Å²) in [5.74, 6) is 0.0376. The summed E-state index contributed by atoms with van der Waals surface area (Å²) in [6.45, 7) is 3.56. The molecule has 9 heteroatoms. The average Bonchev–Trinajstić information content (AvgIpc) is 3.39. The molecule has 34 heavy (non-hydrogen) atoms. The molecule has 1 unspecified atom stereocenters. The fraction of sp³-hybridized carbons (Fsp3) is 0.280. The van der Waals surface area contributed by atoms with E-state index in [0.29, 0.717) is 17.5 Å². The molecule has 0 bridgehead atoms. The average molecular weight is 460 g/mol. The van der Waals surface area contributed by atoms with Crippen LogP contribution < -0.4 is 21.3 Å². The molecule has 1 saturated heterocycles. The maximum Gasteiger partial charge on any atom is 0.324 e. The van der Waals surface area contributed by atoms with Crippen LogP contribution in [-0.4, -0.2) is 46.9 Å². The van der Waals surface area contributed by atoms with Crippen molar-refractivity contribution in [3.05, 3.63) is 71.9 Å². The Balaban J connectivity index is 1.53. The van der Waals surface area contributed by atoms with E-state index in [2.05, 4.69) is 20.6 Å². The summed E-state index contributed by atoms with van der Waals surface area (Å²) in [6.07, 6.45) is 3.49. The maximum absolute atomic E-state index is 12.7. The molecule has 3 aromatic rings. The first-order valence-electron chi connectivity index (χ1n) is 11.3. The molecule has 1 aliphatic rings. The summed E-state index contributed by atoms with van der Waals surface area (Å²) < 4.78 is 0. The van der Waals surface area contributed by atoms with Crippen molar-refractivity contribution >= 4 is 35.1 Å². The van der Waals surface area contributed by atoms with Crippen molar-refractivity contribution < 1.29 is 9.59 Å². The number of rotatable bonds is 7. The van der Waals surface area contributed by atoms with Crippen LogP contribution in [0.4, 0.5) is 27.9 Å². The van der Waals surface area contributed by atoms with Crippen molar-refractivity contribution in [3.8, 4) is 0 Å². The van der Waals surface area contributed by atoms with Gasteiger partial charge in [-0.05, 0) is 43.5 Å². The second kappa shape index (κ2) is 10.2. The van der Waals surface area contributed by atoms with Crippen LogP contribution in [0.1, 0.15) is 41.7 Å². The molecule has 1 aliphatic heterocycles. The van der Waals surface area contributed by atoms with Crippen molar-refractivity contribution in [1.29, 1.82) is 0 Å². The SMILES string of the molecule is CC(Nc1nc(Nc2cccc(N(C)C(=O)N3CCCC3)c2)ncc1C(N)=O)c1ccccc1. The predicted octanol–water partition coefficient (Wildman–Crippen LogP) is 4.14. The Kier molecular flexibility index (Phi) is 6.91. The molecule has 3 amide bonds. The number of nitrogens with zero attached hydrogens (tertiary/aromatic N) is 4. The minimum atomic E-state index is -0.613. The van der Waals surface area contributed by atoms with Crippen molar-refractivity contribution in [2.75, 3.05) is 35.7 Å². The molecule has 0 spiro atoms. The van der Waals surface area contributed by atoms with Gasteiger partial charge in [0.2, 0.25) is 5.95 Å². The van der Waals surface area contributed by atoms with E-state index >= 15 is 0 Å². The van der Waals surface area contributed by atoms with Crippen molar-refractivity contribution in [1.82, 2.24) is 14.9 Å². The number of likely N-dealkylation sites (tertiary alicyclic amines) is 1. The molecular weight excluding hydrogens is 430 g/mol. The molecule has 4 N–H and O–H groups in total. The highest BCUT2D eigenvalue weighted by Crippen LogP contribution is 2.25. The number of nitrogens with one attached hydrogen (secondary N) is 2.